The van der Waals surface area contributed by atoms with Crippen LogP contribution in [0.4, 0.5) is 5.69 Å². The fourth-order valence-electron chi connectivity index (χ4n) is 3.38. The average molecular weight is 338 g/mol. The van der Waals surface area contributed by atoms with Crippen molar-refractivity contribution in [1.29, 1.82) is 0 Å². The lowest BCUT2D eigenvalue weighted by Crippen LogP contribution is -2.38. The number of carbonyl (C=O) groups is 1. The highest BCUT2D eigenvalue weighted by Gasteiger charge is 2.24. The van der Waals surface area contributed by atoms with Crippen molar-refractivity contribution >= 4 is 11.6 Å². The molecule has 0 atom stereocenters. The van der Waals surface area contributed by atoms with E-state index in [2.05, 4.69) is 24.3 Å². The number of carbonyl (C=O) groups excluding carboxylic acids is 1. The van der Waals surface area contributed by atoms with E-state index in [9.17, 15) is 14.9 Å². The Morgan fingerprint density at radius 1 is 1.08 bits per heavy atom. The van der Waals surface area contributed by atoms with Crippen molar-refractivity contribution in [1.82, 2.24) is 4.90 Å². The summed E-state index contributed by atoms with van der Waals surface area (Å²) in [6, 6.07) is 16.5. The Labute approximate surface area is 147 Å². The predicted octanol–water partition coefficient (Wildman–Crippen LogP) is 4.08. The zero-order valence-corrected chi connectivity index (χ0v) is 14.1. The molecule has 0 bridgehead atoms. The Bertz CT molecular complexity index is 738. The molecule has 1 saturated heterocycles. The molecule has 25 heavy (non-hydrogen) atoms. The highest BCUT2D eigenvalue weighted by atomic mass is 16.6. The van der Waals surface area contributed by atoms with Gasteiger partial charge in [-0.2, -0.15) is 0 Å². The molecule has 0 radical (unpaired) electrons. The van der Waals surface area contributed by atoms with Crippen LogP contribution < -0.4 is 0 Å². The second kappa shape index (κ2) is 7.92. The average Bonchev–Trinajstić information content (AvgIpc) is 2.67. The maximum absolute atomic E-state index is 12.6. The summed E-state index contributed by atoms with van der Waals surface area (Å²) in [7, 11) is 0. The van der Waals surface area contributed by atoms with Crippen LogP contribution in [0.5, 0.6) is 0 Å². The molecule has 1 fully saturated rings. The van der Waals surface area contributed by atoms with Gasteiger partial charge in [0.05, 0.1) is 4.92 Å². The molecule has 130 valence electrons. The number of benzene rings is 2. The topological polar surface area (TPSA) is 63.4 Å². The van der Waals surface area contributed by atoms with Gasteiger partial charge in [-0.05, 0) is 43.2 Å². The van der Waals surface area contributed by atoms with Crippen molar-refractivity contribution in [2.24, 2.45) is 5.92 Å². The van der Waals surface area contributed by atoms with E-state index in [0.29, 0.717) is 11.5 Å². The van der Waals surface area contributed by atoms with Crippen molar-refractivity contribution in [3.8, 4) is 0 Å². The Hall–Kier alpha value is -2.69. The lowest BCUT2D eigenvalue weighted by Gasteiger charge is -2.32. The zero-order valence-electron chi connectivity index (χ0n) is 14.1. The third-order valence-electron chi connectivity index (χ3n) is 4.89. The van der Waals surface area contributed by atoms with Crippen molar-refractivity contribution in [3.05, 3.63) is 75.8 Å². The standard InChI is InChI=1S/C20H22N2O3/c23-20(18-7-4-8-19(15-18)22(24)25)21-13-11-17(12-14-21)10-9-16-5-2-1-3-6-16/h1-8,15,17H,9-14H2. The molecule has 1 aliphatic rings. The van der Waals surface area contributed by atoms with Crippen LogP contribution in [0.2, 0.25) is 0 Å². The minimum Gasteiger partial charge on any atom is -0.339 e. The van der Waals surface area contributed by atoms with Gasteiger partial charge in [0, 0.05) is 30.8 Å². The molecule has 0 unspecified atom stereocenters. The van der Waals surface area contributed by atoms with Gasteiger partial charge in [0.1, 0.15) is 0 Å². The molecule has 0 N–H and O–H groups in total. The van der Waals surface area contributed by atoms with Crippen LogP contribution in [0.1, 0.15) is 35.2 Å². The predicted molar refractivity (Wildman–Crippen MR) is 96.5 cm³/mol. The van der Waals surface area contributed by atoms with Crippen LogP contribution in [-0.4, -0.2) is 28.8 Å². The van der Waals surface area contributed by atoms with E-state index >= 15 is 0 Å². The van der Waals surface area contributed by atoms with E-state index in [1.54, 1.807) is 12.1 Å². The minimum absolute atomic E-state index is 0.0383. The van der Waals surface area contributed by atoms with E-state index < -0.39 is 4.92 Å². The summed E-state index contributed by atoms with van der Waals surface area (Å²) in [5, 5.41) is 10.9. The quantitative estimate of drug-likeness (QED) is 0.609. The number of rotatable bonds is 5. The van der Waals surface area contributed by atoms with Gasteiger partial charge >= 0.3 is 0 Å². The SMILES string of the molecule is O=C(c1cccc([N+](=O)[O-])c1)N1CCC(CCc2ccccc2)CC1. The second-order valence-electron chi connectivity index (χ2n) is 6.57. The van der Waals surface area contributed by atoms with Gasteiger partial charge in [-0.3, -0.25) is 14.9 Å². The lowest BCUT2D eigenvalue weighted by atomic mass is 9.90. The molecule has 2 aromatic carbocycles. The number of hydrogen-bond acceptors (Lipinski definition) is 3. The van der Waals surface area contributed by atoms with Gasteiger partial charge < -0.3 is 4.90 Å². The molecule has 5 heteroatoms. The number of non-ortho nitro benzene ring substituents is 1. The molecule has 0 aromatic heterocycles. The van der Waals surface area contributed by atoms with Crippen molar-refractivity contribution < 1.29 is 9.72 Å². The fraction of sp³-hybridized carbons (Fsp3) is 0.350. The summed E-state index contributed by atoms with van der Waals surface area (Å²) in [6.07, 6.45) is 4.20. The summed E-state index contributed by atoms with van der Waals surface area (Å²) in [5.74, 6) is 0.527. The van der Waals surface area contributed by atoms with Crippen LogP contribution in [0.15, 0.2) is 54.6 Å². The van der Waals surface area contributed by atoms with Gasteiger partial charge in [0.15, 0.2) is 0 Å². The third-order valence-corrected chi connectivity index (χ3v) is 4.89. The molecule has 2 aromatic rings. The first-order valence-electron chi connectivity index (χ1n) is 8.71. The summed E-state index contributed by atoms with van der Waals surface area (Å²) in [6.45, 7) is 1.45. The Morgan fingerprint density at radius 2 is 1.80 bits per heavy atom. The maximum atomic E-state index is 12.6. The molecular weight excluding hydrogens is 316 g/mol. The summed E-state index contributed by atoms with van der Waals surface area (Å²) >= 11 is 0. The second-order valence-corrected chi connectivity index (χ2v) is 6.57. The monoisotopic (exact) mass is 338 g/mol. The van der Waals surface area contributed by atoms with Gasteiger partial charge in [-0.15, -0.1) is 0 Å². The number of nitrogens with zero attached hydrogens (tertiary/aromatic N) is 2. The molecule has 1 aliphatic heterocycles. The highest BCUT2D eigenvalue weighted by Crippen LogP contribution is 2.24. The maximum Gasteiger partial charge on any atom is 0.270 e. The lowest BCUT2D eigenvalue weighted by molar-refractivity contribution is -0.384. The molecule has 5 nitrogen and oxygen atoms in total. The van der Waals surface area contributed by atoms with E-state index in [1.165, 1.54) is 17.7 Å². The number of nitro groups is 1. The van der Waals surface area contributed by atoms with E-state index in [1.807, 2.05) is 11.0 Å². The number of piperidine rings is 1. The number of amides is 1. The van der Waals surface area contributed by atoms with Crippen LogP contribution in [0.3, 0.4) is 0 Å². The molecule has 0 spiro atoms. The van der Waals surface area contributed by atoms with Crippen molar-refractivity contribution in [2.75, 3.05) is 13.1 Å². The van der Waals surface area contributed by atoms with Gasteiger partial charge in [0.25, 0.3) is 11.6 Å². The smallest absolute Gasteiger partial charge is 0.270 e. The number of nitro benzene ring substituents is 1. The van der Waals surface area contributed by atoms with Crippen LogP contribution in [-0.2, 0) is 6.42 Å². The van der Waals surface area contributed by atoms with Crippen LogP contribution in [0, 0.1) is 16.0 Å². The summed E-state index contributed by atoms with van der Waals surface area (Å²) in [4.78, 5) is 24.8. The first-order valence-corrected chi connectivity index (χ1v) is 8.71. The Balaban J connectivity index is 1.52. The van der Waals surface area contributed by atoms with Gasteiger partial charge in [0.2, 0.25) is 0 Å². The number of likely N-dealkylation sites (tertiary alicyclic amines) is 1. The Morgan fingerprint density at radius 3 is 2.48 bits per heavy atom. The highest BCUT2D eigenvalue weighted by molar-refractivity contribution is 5.94. The molecule has 0 saturated carbocycles. The van der Waals surface area contributed by atoms with Crippen molar-refractivity contribution in [2.45, 2.75) is 25.7 Å². The normalized spacial score (nSPS) is 15.1. The fourth-order valence-corrected chi connectivity index (χ4v) is 3.38. The Kier molecular flexibility index (Phi) is 5.43. The zero-order chi connectivity index (χ0) is 17.6. The van der Waals surface area contributed by atoms with E-state index in [0.717, 1.165) is 38.8 Å². The minimum atomic E-state index is -0.466. The van der Waals surface area contributed by atoms with Gasteiger partial charge in [-0.1, -0.05) is 36.4 Å². The first kappa shape index (κ1) is 17.1. The van der Waals surface area contributed by atoms with Crippen LogP contribution >= 0.6 is 0 Å². The van der Waals surface area contributed by atoms with E-state index in [-0.39, 0.29) is 11.6 Å². The van der Waals surface area contributed by atoms with Crippen LogP contribution in [0.25, 0.3) is 0 Å². The third kappa shape index (κ3) is 4.44. The molecule has 0 aliphatic carbocycles. The summed E-state index contributed by atoms with van der Waals surface area (Å²) < 4.78 is 0. The first-order chi connectivity index (χ1) is 12.1. The van der Waals surface area contributed by atoms with E-state index in [4.69, 9.17) is 0 Å². The molecular formula is C20H22N2O3. The molecule has 3 rings (SSSR count). The molecule has 1 heterocycles. The summed E-state index contributed by atoms with van der Waals surface area (Å²) in [5.41, 5.74) is 1.72. The number of aryl methyl sites for hydroxylation is 1. The van der Waals surface area contributed by atoms with Crippen molar-refractivity contribution in [3.63, 3.8) is 0 Å². The molecule has 1 amide bonds. The largest absolute Gasteiger partial charge is 0.339 e. The number of hydrogen-bond donors (Lipinski definition) is 0. The van der Waals surface area contributed by atoms with Gasteiger partial charge in [-0.25, -0.2) is 0 Å².